The number of rotatable bonds is 6. The zero-order chi connectivity index (χ0) is 23.0. The second-order valence-corrected chi connectivity index (χ2v) is 7.41. The second-order valence-electron chi connectivity index (χ2n) is 7.41. The van der Waals surface area contributed by atoms with E-state index in [1.807, 2.05) is 31.2 Å². The molecule has 0 saturated carbocycles. The van der Waals surface area contributed by atoms with Crippen LogP contribution in [0.2, 0.25) is 0 Å². The molecule has 9 nitrogen and oxygen atoms in total. The van der Waals surface area contributed by atoms with Gasteiger partial charge < -0.3 is 25.3 Å². The van der Waals surface area contributed by atoms with Crippen molar-refractivity contribution in [2.45, 2.75) is 19.9 Å². The molecule has 0 spiro atoms. The molecule has 4 rings (SSSR count). The molecule has 1 aromatic heterocycles. The van der Waals surface area contributed by atoms with Gasteiger partial charge in [0.15, 0.2) is 17.3 Å². The third-order valence-electron chi connectivity index (χ3n) is 5.51. The number of fused-ring (bicyclic) bond motifs is 1. The molecule has 9 heteroatoms. The highest BCUT2D eigenvalue weighted by Gasteiger charge is 2.35. The normalized spacial score (nSPS) is 15.1. The molecule has 3 N–H and O–H groups in total. The van der Waals surface area contributed by atoms with E-state index in [0.717, 1.165) is 11.1 Å². The summed E-state index contributed by atoms with van der Waals surface area (Å²) in [6, 6.07) is 10.8. The van der Waals surface area contributed by atoms with E-state index in [1.54, 1.807) is 23.7 Å². The number of hydrogen-bond donors (Lipinski definition) is 2. The van der Waals surface area contributed by atoms with Crippen LogP contribution in [0, 0.1) is 6.92 Å². The highest BCUT2D eigenvalue weighted by Crippen LogP contribution is 2.44. The number of hydrogen-bond acceptors (Lipinski definition) is 7. The average Bonchev–Trinajstić information content (AvgIpc) is 3.20. The fourth-order valence-electron chi connectivity index (χ4n) is 3.98. The van der Waals surface area contributed by atoms with E-state index in [4.69, 9.17) is 25.0 Å². The fraction of sp³-hybridized carbons (Fsp3) is 0.261. The molecular formula is C23H25N5O4. The van der Waals surface area contributed by atoms with E-state index in [1.165, 1.54) is 21.3 Å². The second kappa shape index (κ2) is 8.26. The van der Waals surface area contributed by atoms with E-state index in [9.17, 15) is 4.79 Å². The maximum Gasteiger partial charge on any atom is 0.248 e. The Kier molecular flexibility index (Phi) is 5.48. The van der Waals surface area contributed by atoms with Crippen LogP contribution < -0.4 is 25.3 Å². The number of nitrogens with zero attached hydrogens (tertiary/aromatic N) is 3. The average molecular weight is 435 g/mol. The van der Waals surface area contributed by atoms with Crippen LogP contribution in [0.25, 0.3) is 11.4 Å². The van der Waals surface area contributed by atoms with E-state index in [2.05, 4.69) is 10.3 Å². The molecule has 1 atom stereocenters. The highest BCUT2D eigenvalue weighted by atomic mass is 16.5. The van der Waals surface area contributed by atoms with Crippen molar-refractivity contribution in [3.05, 3.63) is 58.8 Å². The molecule has 0 bridgehead atoms. The summed E-state index contributed by atoms with van der Waals surface area (Å²) in [6.07, 6.45) is 0. The van der Waals surface area contributed by atoms with Gasteiger partial charge in [-0.2, -0.15) is 4.98 Å². The van der Waals surface area contributed by atoms with Crippen molar-refractivity contribution in [3.63, 3.8) is 0 Å². The first kappa shape index (κ1) is 21.2. The molecule has 1 unspecified atom stereocenters. The standard InChI is InChI=1S/C23H25N5O4/c1-12-8-6-7-9-15(12)22-26-23-25-13(2)18(21(24)29)19(28(23)27-22)14-10-16(30-3)20(32-5)17(11-14)31-4/h6-11,19H,1-5H3,(H2,24,29)(H,25,26,27). The van der Waals surface area contributed by atoms with Crippen LogP contribution in [-0.4, -0.2) is 42.0 Å². The number of aryl methyl sites for hydroxylation is 1. The molecule has 3 aromatic rings. The quantitative estimate of drug-likeness (QED) is 0.612. The number of methoxy groups -OCH3 is 3. The zero-order valence-corrected chi connectivity index (χ0v) is 18.6. The summed E-state index contributed by atoms with van der Waals surface area (Å²) >= 11 is 0. The SMILES string of the molecule is COc1cc(C2C(C(N)=O)=C(C)Nc3nc(-c4ccccc4C)nn32)cc(OC)c1OC. The summed E-state index contributed by atoms with van der Waals surface area (Å²) in [5.74, 6) is 1.86. The molecule has 1 amide bonds. The van der Waals surface area contributed by atoms with Gasteiger partial charge in [0.05, 0.1) is 26.9 Å². The van der Waals surface area contributed by atoms with Gasteiger partial charge in [-0.05, 0) is 37.1 Å². The van der Waals surface area contributed by atoms with Crippen LogP contribution in [-0.2, 0) is 4.79 Å². The van der Waals surface area contributed by atoms with Crippen molar-refractivity contribution in [2.24, 2.45) is 5.73 Å². The molecule has 1 aliphatic rings. The number of anilines is 1. The van der Waals surface area contributed by atoms with Gasteiger partial charge in [0, 0.05) is 11.3 Å². The predicted octanol–water partition coefficient (Wildman–Crippen LogP) is 3.05. The number of nitrogens with one attached hydrogen (secondary N) is 1. The lowest BCUT2D eigenvalue weighted by molar-refractivity contribution is -0.115. The molecule has 2 heterocycles. The number of benzene rings is 2. The molecule has 32 heavy (non-hydrogen) atoms. The van der Waals surface area contributed by atoms with Crippen molar-refractivity contribution in [2.75, 3.05) is 26.6 Å². The molecule has 0 fully saturated rings. The summed E-state index contributed by atoms with van der Waals surface area (Å²) in [6.45, 7) is 3.79. The lowest BCUT2D eigenvalue weighted by atomic mass is 9.94. The molecular weight excluding hydrogens is 410 g/mol. The molecule has 0 saturated heterocycles. The molecule has 1 aliphatic heterocycles. The molecule has 2 aromatic carbocycles. The number of amides is 1. The van der Waals surface area contributed by atoms with Crippen molar-refractivity contribution in [3.8, 4) is 28.6 Å². The van der Waals surface area contributed by atoms with Gasteiger partial charge in [0.2, 0.25) is 17.6 Å². The van der Waals surface area contributed by atoms with Crippen LogP contribution in [0.5, 0.6) is 17.2 Å². The van der Waals surface area contributed by atoms with Gasteiger partial charge >= 0.3 is 0 Å². The fourth-order valence-corrected chi connectivity index (χ4v) is 3.98. The molecule has 0 aliphatic carbocycles. The van der Waals surface area contributed by atoms with E-state index in [-0.39, 0.29) is 0 Å². The van der Waals surface area contributed by atoms with Crippen LogP contribution in [0.3, 0.4) is 0 Å². The van der Waals surface area contributed by atoms with Crippen LogP contribution >= 0.6 is 0 Å². The summed E-state index contributed by atoms with van der Waals surface area (Å²) in [7, 11) is 4.61. The van der Waals surface area contributed by atoms with Crippen LogP contribution in [0.1, 0.15) is 24.1 Å². The van der Waals surface area contributed by atoms with Crippen molar-refractivity contribution >= 4 is 11.9 Å². The Hall–Kier alpha value is -4.01. The highest BCUT2D eigenvalue weighted by molar-refractivity contribution is 5.95. The summed E-state index contributed by atoms with van der Waals surface area (Å²) in [5.41, 5.74) is 9.40. The minimum absolute atomic E-state index is 0.369. The summed E-state index contributed by atoms with van der Waals surface area (Å²) in [5, 5.41) is 7.91. The molecule has 0 radical (unpaired) electrons. The van der Waals surface area contributed by atoms with Crippen LogP contribution in [0.4, 0.5) is 5.95 Å². The number of carbonyl (C=O) groups is 1. The van der Waals surface area contributed by atoms with Gasteiger partial charge in [0.1, 0.15) is 6.04 Å². The van der Waals surface area contributed by atoms with Crippen LogP contribution in [0.15, 0.2) is 47.7 Å². The Balaban J connectivity index is 1.95. The monoisotopic (exact) mass is 435 g/mol. The first-order valence-corrected chi connectivity index (χ1v) is 9.99. The van der Waals surface area contributed by atoms with Gasteiger partial charge in [-0.1, -0.05) is 24.3 Å². The Morgan fingerprint density at radius 1 is 1.06 bits per heavy atom. The minimum Gasteiger partial charge on any atom is -0.493 e. The van der Waals surface area contributed by atoms with E-state index < -0.39 is 11.9 Å². The largest absolute Gasteiger partial charge is 0.493 e. The first-order chi connectivity index (χ1) is 15.4. The number of primary amides is 1. The van der Waals surface area contributed by atoms with Crippen molar-refractivity contribution in [1.82, 2.24) is 14.8 Å². The Labute approximate surface area is 185 Å². The third-order valence-corrected chi connectivity index (χ3v) is 5.51. The topological polar surface area (TPSA) is 114 Å². The maximum atomic E-state index is 12.5. The van der Waals surface area contributed by atoms with Gasteiger partial charge in [-0.25, -0.2) is 4.68 Å². The lowest BCUT2D eigenvalue weighted by Crippen LogP contribution is -2.31. The Morgan fingerprint density at radius 2 is 1.72 bits per heavy atom. The zero-order valence-electron chi connectivity index (χ0n) is 18.6. The third kappa shape index (κ3) is 3.41. The minimum atomic E-state index is -0.636. The summed E-state index contributed by atoms with van der Waals surface area (Å²) in [4.78, 5) is 17.2. The predicted molar refractivity (Wildman–Crippen MR) is 120 cm³/mol. The Morgan fingerprint density at radius 3 is 2.28 bits per heavy atom. The smallest absolute Gasteiger partial charge is 0.248 e. The van der Waals surface area contributed by atoms with Gasteiger partial charge in [-0.15, -0.1) is 5.10 Å². The number of carbonyl (C=O) groups excluding carboxylic acids is 1. The Bertz CT molecular complexity index is 1210. The van der Waals surface area contributed by atoms with E-state index >= 15 is 0 Å². The number of aromatic nitrogens is 3. The summed E-state index contributed by atoms with van der Waals surface area (Å²) < 4.78 is 18.1. The van der Waals surface area contributed by atoms with E-state index in [0.29, 0.717) is 45.9 Å². The number of allylic oxidation sites excluding steroid dienone is 1. The maximum absolute atomic E-state index is 12.5. The van der Waals surface area contributed by atoms with Crippen molar-refractivity contribution in [1.29, 1.82) is 0 Å². The van der Waals surface area contributed by atoms with Crippen molar-refractivity contribution < 1.29 is 19.0 Å². The van der Waals surface area contributed by atoms with Gasteiger partial charge in [-0.3, -0.25) is 4.79 Å². The molecule has 166 valence electrons. The lowest BCUT2D eigenvalue weighted by Gasteiger charge is -2.28. The van der Waals surface area contributed by atoms with Gasteiger partial charge in [0.25, 0.3) is 0 Å². The number of ether oxygens (including phenoxy) is 3. The number of nitrogens with two attached hydrogens (primary N) is 1. The first-order valence-electron chi connectivity index (χ1n) is 9.99.